The van der Waals surface area contributed by atoms with Crippen LogP contribution in [0.1, 0.15) is 44.2 Å². The highest BCUT2D eigenvalue weighted by Crippen LogP contribution is 2.10. The molecule has 1 aliphatic rings. The monoisotopic (exact) mass is 605 g/mol. The number of methoxy groups -OCH3 is 1. The van der Waals surface area contributed by atoms with Crippen LogP contribution in [0, 0.1) is 5.92 Å². The number of nitrogens with one attached hydrogen (secondary N) is 5. The first kappa shape index (κ1) is 33.8. The first-order valence-electron chi connectivity index (χ1n) is 15.0. The van der Waals surface area contributed by atoms with Gasteiger partial charge in [-0.25, -0.2) is 9.59 Å². The van der Waals surface area contributed by atoms with Gasteiger partial charge in [0.05, 0.1) is 13.2 Å². The second-order valence-electron chi connectivity index (χ2n) is 11.1. The average Bonchev–Trinajstić information content (AvgIpc) is 3.01. The third kappa shape index (κ3) is 11.2. The van der Waals surface area contributed by atoms with Gasteiger partial charge in [0.2, 0.25) is 17.7 Å². The van der Waals surface area contributed by atoms with Crippen molar-refractivity contribution < 1.29 is 28.7 Å². The van der Waals surface area contributed by atoms with E-state index in [2.05, 4.69) is 26.6 Å². The number of amides is 5. The first-order chi connectivity index (χ1) is 21.2. The third-order valence-electron chi connectivity index (χ3n) is 7.27. The van der Waals surface area contributed by atoms with E-state index in [1.54, 1.807) is 19.9 Å². The van der Waals surface area contributed by atoms with Crippen LogP contribution >= 0.6 is 0 Å². The smallest absolute Gasteiger partial charge is 0.328 e. The van der Waals surface area contributed by atoms with Crippen LogP contribution in [0.3, 0.4) is 0 Å². The summed E-state index contributed by atoms with van der Waals surface area (Å²) in [7, 11) is 1.24. The summed E-state index contributed by atoms with van der Waals surface area (Å²) in [5.41, 5.74) is 1.77. The quantitative estimate of drug-likeness (QED) is 0.262. The molecule has 44 heavy (non-hydrogen) atoms. The molecule has 3 rings (SSSR count). The summed E-state index contributed by atoms with van der Waals surface area (Å²) in [6.07, 6.45) is 5.19. The van der Waals surface area contributed by atoms with Crippen LogP contribution in [0.5, 0.6) is 0 Å². The van der Waals surface area contributed by atoms with Crippen molar-refractivity contribution in [3.05, 3.63) is 83.9 Å². The van der Waals surface area contributed by atoms with Crippen LogP contribution in [0.15, 0.2) is 72.8 Å². The van der Waals surface area contributed by atoms with Crippen molar-refractivity contribution >= 4 is 29.7 Å². The number of hydrogen-bond acceptors (Lipinski definition) is 6. The molecule has 2 aromatic carbocycles. The highest BCUT2D eigenvalue weighted by molar-refractivity contribution is 5.93. The standard InChI is InChI=1S/C33H43N5O6/c1-22(2)29(32(42)44-3)38-33(43)37-27(21-24-14-8-5-9-15-24)31(41)36-26-16-10-11-19-34-28(39)18-17-25(35-30(26)40)20-23-12-6-4-7-13-23/h4-9,12-15,17-18,22,25-27,29H,10-11,16,19-21H2,1-3H3,(H,34,39)(H,35,40)(H,36,41)(H2,37,38,43)/t25-,26+,27?,29?/m1/s1. The fourth-order valence-corrected chi connectivity index (χ4v) is 4.83. The van der Waals surface area contributed by atoms with Crippen molar-refractivity contribution in [2.75, 3.05) is 13.7 Å². The van der Waals surface area contributed by atoms with Gasteiger partial charge in [0.1, 0.15) is 18.1 Å². The van der Waals surface area contributed by atoms with Gasteiger partial charge in [0.25, 0.3) is 0 Å². The van der Waals surface area contributed by atoms with Crippen molar-refractivity contribution in [2.24, 2.45) is 5.92 Å². The Kier molecular flexibility index (Phi) is 13.4. The van der Waals surface area contributed by atoms with E-state index in [-0.39, 0.29) is 18.2 Å². The number of rotatable bonds is 10. The molecule has 0 aliphatic carbocycles. The minimum absolute atomic E-state index is 0.157. The summed E-state index contributed by atoms with van der Waals surface area (Å²) in [6, 6.07) is 14.7. The molecule has 1 aliphatic heterocycles. The highest BCUT2D eigenvalue weighted by Gasteiger charge is 2.30. The summed E-state index contributed by atoms with van der Waals surface area (Å²) in [5, 5.41) is 14.0. The Morgan fingerprint density at radius 2 is 1.59 bits per heavy atom. The molecule has 0 aromatic heterocycles. The molecule has 4 atom stereocenters. The zero-order valence-electron chi connectivity index (χ0n) is 25.5. The van der Waals surface area contributed by atoms with E-state index in [4.69, 9.17) is 4.74 Å². The molecule has 0 fully saturated rings. The van der Waals surface area contributed by atoms with Crippen LogP contribution in [0.2, 0.25) is 0 Å². The Balaban J connectivity index is 1.79. The van der Waals surface area contributed by atoms with Gasteiger partial charge in [-0.3, -0.25) is 14.4 Å². The van der Waals surface area contributed by atoms with Crippen LogP contribution in [0.4, 0.5) is 4.79 Å². The van der Waals surface area contributed by atoms with E-state index in [9.17, 15) is 24.0 Å². The molecule has 1 heterocycles. The number of esters is 1. The summed E-state index contributed by atoms with van der Waals surface area (Å²) in [5.74, 6) is -2.02. The number of hydrogen-bond donors (Lipinski definition) is 5. The van der Waals surface area contributed by atoms with Crippen molar-refractivity contribution in [1.82, 2.24) is 26.6 Å². The van der Waals surface area contributed by atoms with Gasteiger partial charge < -0.3 is 31.3 Å². The van der Waals surface area contributed by atoms with Crippen LogP contribution < -0.4 is 26.6 Å². The van der Waals surface area contributed by atoms with Gasteiger partial charge in [-0.1, -0.05) is 80.6 Å². The molecule has 0 spiro atoms. The minimum Gasteiger partial charge on any atom is -0.467 e. The van der Waals surface area contributed by atoms with Gasteiger partial charge in [0, 0.05) is 19.0 Å². The van der Waals surface area contributed by atoms with E-state index in [1.165, 1.54) is 13.2 Å². The van der Waals surface area contributed by atoms with Gasteiger partial charge in [-0.05, 0) is 42.7 Å². The van der Waals surface area contributed by atoms with Crippen molar-refractivity contribution in [2.45, 2.75) is 70.1 Å². The number of ether oxygens (including phenoxy) is 1. The normalized spacial score (nSPS) is 18.8. The minimum atomic E-state index is -1.05. The summed E-state index contributed by atoms with van der Waals surface area (Å²) in [4.78, 5) is 64.7. The van der Waals surface area contributed by atoms with Crippen molar-refractivity contribution in [3.8, 4) is 0 Å². The van der Waals surface area contributed by atoms with E-state index in [0.29, 0.717) is 32.2 Å². The molecule has 5 amide bonds. The fraction of sp³-hybridized carbons (Fsp3) is 0.424. The number of urea groups is 1. The van der Waals surface area contributed by atoms with Crippen LogP contribution in [-0.4, -0.2) is 67.5 Å². The zero-order chi connectivity index (χ0) is 31.9. The predicted octanol–water partition coefficient (Wildman–Crippen LogP) is 2.16. The summed E-state index contributed by atoms with van der Waals surface area (Å²) in [6.45, 7) is 3.97. The molecule has 11 nitrogen and oxygen atoms in total. The fourth-order valence-electron chi connectivity index (χ4n) is 4.83. The molecule has 0 saturated carbocycles. The molecule has 5 N–H and O–H groups in total. The molecule has 2 unspecified atom stereocenters. The Bertz CT molecular complexity index is 1280. The Hall–Kier alpha value is -4.67. The third-order valence-corrected chi connectivity index (χ3v) is 7.27. The lowest BCUT2D eigenvalue weighted by molar-refractivity contribution is -0.144. The highest BCUT2D eigenvalue weighted by atomic mass is 16.5. The first-order valence-corrected chi connectivity index (χ1v) is 15.0. The van der Waals surface area contributed by atoms with E-state index < -0.39 is 48.0 Å². The molecular formula is C33H43N5O6. The summed E-state index contributed by atoms with van der Waals surface area (Å²) < 4.78 is 4.81. The Morgan fingerprint density at radius 3 is 2.23 bits per heavy atom. The lowest BCUT2D eigenvalue weighted by Crippen LogP contribution is -2.58. The lowest BCUT2D eigenvalue weighted by Gasteiger charge is -2.26. The topological polar surface area (TPSA) is 155 Å². The SMILES string of the molecule is COC(=O)C(NC(=O)NC(Cc1ccccc1)C(=O)N[C@H]1CCCCNC(=O)C=C[C@H](Cc2ccccc2)NC1=O)C(C)C. The maximum Gasteiger partial charge on any atom is 0.328 e. The molecule has 11 heteroatoms. The maximum atomic E-state index is 13.7. The van der Waals surface area contributed by atoms with E-state index >= 15 is 0 Å². The lowest BCUT2D eigenvalue weighted by atomic mass is 10.0. The van der Waals surface area contributed by atoms with Gasteiger partial charge in [-0.2, -0.15) is 0 Å². The molecule has 2 aromatic rings. The molecule has 0 saturated heterocycles. The average molecular weight is 606 g/mol. The van der Waals surface area contributed by atoms with Crippen LogP contribution in [-0.2, 0) is 36.8 Å². The molecule has 236 valence electrons. The summed E-state index contributed by atoms with van der Waals surface area (Å²) >= 11 is 0. The Labute approximate surface area is 258 Å². The van der Waals surface area contributed by atoms with E-state index in [0.717, 1.165) is 11.1 Å². The second-order valence-corrected chi connectivity index (χ2v) is 11.1. The van der Waals surface area contributed by atoms with E-state index in [1.807, 2.05) is 60.7 Å². The van der Waals surface area contributed by atoms with Gasteiger partial charge in [-0.15, -0.1) is 0 Å². The maximum absolute atomic E-state index is 13.7. The Morgan fingerprint density at radius 1 is 0.932 bits per heavy atom. The second kappa shape index (κ2) is 17.4. The number of carbonyl (C=O) groups is 5. The molecule has 0 bridgehead atoms. The largest absolute Gasteiger partial charge is 0.467 e. The predicted molar refractivity (Wildman–Crippen MR) is 166 cm³/mol. The molecular weight excluding hydrogens is 562 g/mol. The number of benzene rings is 2. The van der Waals surface area contributed by atoms with Crippen molar-refractivity contribution in [1.29, 1.82) is 0 Å². The van der Waals surface area contributed by atoms with Gasteiger partial charge >= 0.3 is 12.0 Å². The van der Waals surface area contributed by atoms with Crippen molar-refractivity contribution in [3.63, 3.8) is 0 Å². The molecule has 0 radical (unpaired) electrons. The van der Waals surface area contributed by atoms with Gasteiger partial charge in [0.15, 0.2) is 0 Å². The zero-order valence-corrected chi connectivity index (χ0v) is 25.5. The number of carbonyl (C=O) groups excluding carboxylic acids is 5. The van der Waals surface area contributed by atoms with Crippen LogP contribution in [0.25, 0.3) is 0 Å².